The van der Waals surface area contributed by atoms with Gasteiger partial charge >= 0.3 is 0 Å². The van der Waals surface area contributed by atoms with Crippen LogP contribution in [-0.2, 0) is 4.74 Å². The van der Waals surface area contributed by atoms with E-state index in [1.807, 2.05) is 0 Å². The van der Waals surface area contributed by atoms with Crippen LogP contribution in [0.3, 0.4) is 0 Å². The van der Waals surface area contributed by atoms with Crippen molar-refractivity contribution < 1.29 is 9.94 Å². The highest BCUT2D eigenvalue weighted by Crippen LogP contribution is 2.79. The normalized spacial score (nSPS) is 57.2. The van der Waals surface area contributed by atoms with E-state index in [1.54, 1.807) is 5.57 Å². The lowest BCUT2D eigenvalue weighted by atomic mass is 9.47. The van der Waals surface area contributed by atoms with E-state index in [0.717, 1.165) is 54.2 Å². The molecule has 2 spiro atoms. The Bertz CT molecular complexity index is 807. The first-order valence-electron chi connectivity index (χ1n) is 11.4. The highest BCUT2D eigenvalue weighted by Gasteiger charge is 2.77. The zero-order valence-corrected chi connectivity index (χ0v) is 16.4. The second kappa shape index (κ2) is 4.72. The molecule has 0 bridgehead atoms. The molecule has 3 heteroatoms. The maximum absolute atomic E-state index is 9.34. The van der Waals surface area contributed by atoms with Crippen LogP contribution in [0.25, 0.3) is 0 Å². The quantitative estimate of drug-likeness (QED) is 0.374. The maximum Gasteiger partial charge on any atom is 0.0954 e. The van der Waals surface area contributed by atoms with Gasteiger partial charge in [0.25, 0.3) is 0 Å². The number of hydrogen-bond donors (Lipinski definition) is 1. The molecule has 0 aromatic carbocycles. The van der Waals surface area contributed by atoms with Crippen LogP contribution in [0.1, 0.15) is 58.3 Å². The second-order valence-corrected chi connectivity index (χ2v) is 11.1. The Balaban J connectivity index is 1.31. The van der Waals surface area contributed by atoms with Crippen molar-refractivity contribution in [3.05, 3.63) is 23.8 Å². The number of allylic oxidation sites excluding steroid dienone is 2. The van der Waals surface area contributed by atoms with Gasteiger partial charge in [0.1, 0.15) is 0 Å². The molecule has 1 N–H and O–H groups in total. The summed E-state index contributed by atoms with van der Waals surface area (Å²) in [6.45, 7) is 3.43. The molecule has 7 rings (SSSR count). The van der Waals surface area contributed by atoms with E-state index in [1.165, 1.54) is 44.9 Å². The van der Waals surface area contributed by atoms with Crippen molar-refractivity contribution in [1.29, 1.82) is 0 Å². The summed E-state index contributed by atoms with van der Waals surface area (Å²) in [5.41, 5.74) is 3.51. The SMILES string of the molecule is C[C@]12CC[C@H]3[C@@H](CC4(CC4)C4=C/C(=N/O)CC[C@@H]43)[C@@H]1[C@H]1C[C@H]1[C@@]21C=CCO1. The number of oxime groups is 1. The van der Waals surface area contributed by atoms with Crippen molar-refractivity contribution in [2.45, 2.75) is 63.9 Å². The lowest BCUT2D eigenvalue weighted by Crippen LogP contribution is -2.55. The molecular formula is C24H31NO2. The standard InChI is InChI=1S/C24H31NO2/c1-22-7-5-15-16-4-3-14(25-26)11-19(16)23(8-9-23)13-18(15)21(22)17-12-20(17)24(22)6-2-10-27-24/h2,6,11,15-18,20-21,26H,3-5,7-10,12-13H2,1H3/b25-14+/t15-,16-,17+,18-,20-,21+,22+,24+/m1/s1. The van der Waals surface area contributed by atoms with Gasteiger partial charge in [-0.2, -0.15) is 0 Å². The van der Waals surface area contributed by atoms with Crippen LogP contribution < -0.4 is 0 Å². The van der Waals surface area contributed by atoms with Crippen LogP contribution in [0.2, 0.25) is 0 Å². The van der Waals surface area contributed by atoms with Gasteiger partial charge < -0.3 is 9.94 Å². The Morgan fingerprint density at radius 2 is 2.04 bits per heavy atom. The highest BCUT2D eigenvalue weighted by atomic mass is 16.5. The summed E-state index contributed by atoms with van der Waals surface area (Å²) in [6.07, 6.45) is 17.6. The third-order valence-corrected chi connectivity index (χ3v) is 10.4. The zero-order valence-electron chi connectivity index (χ0n) is 16.4. The van der Waals surface area contributed by atoms with Crippen LogP contribution in [0.15, 0.2) is 29.0 Å². The molecule has 144 valence electrons. The van der Waals surface area contributed by atoms with Gasteiger partial charge in [-0.25, -0.2) is 0 Å². The van der Waals surface area contributed by atoms with Gasteiger partial charge in [-0.1, -0.05) is 29.8 Å². The van der Waals surface area contributed by atoms with Crippen molar-refractivity contribution in [1.82, 2.24) is 0 Å². The topological polar surface area (TPSA) is 41.8 Å². The molecule has 1 aliphatic heterocycles. The van der Waals surface area contributed by atoms with Gasteiger partial charge in [0, 0.05) is 5.41 Å². The number of fused-ring (bicyclic) bond motifs is 10. The number of ether oxygens (including phenoxy) is 1. The van der Waals surface area contributed by atoms with Gasteiger partial charge in [0.2, 0.25) is 0 Å². The molecular weight excluding hydrogens is 334 g/mol. The molecule has 0 amide bonds. The summed E-state index contributed by atoms with van der Waals surface area (Å²) in [5, 5.41) is 12.9. The summed E-state index contributed by atoms with van der Waals surface area (Å²) < 4.78 is 6.54. The van der Waals surface area contributed by atoms with E-state index < -0.39 is 0 Å². The smallest absolute Gasteiger partial charge is 0.0954 e. The Hall–Kier alpha value is -1.09. The summed E-state index contributed by atoms with van der Waals surface area (Å²) >= 11 is 0. The van der Waals surface area contributed by atoms with Crippen LogP contribution in [0.4, 0.5) is 0 Å². The fraction of sp³-hybridized carbons (Fsp3) is 0.792. The molecule has 0 aromatic rings. The second-order valence-electron chi connectivity index (χ2n) is 11.1. The fourth-order valence-electron chi connectivity index (χ4n) is 9.28. The van der Waals surface area contributed by atoms with E-state index in [4.69, 9.17) is 4.74 Å². The van der Waals surface area contributed by atoms with Crippen LogP contribution >= 0.6 is 0 Å². The Labute approximate surface area is 161 Å². The van der Waals surface area contributed by atoms with Gasteiger partial charge in [0.15, 0.2) is 0 Å². The molecule has 0 aromatic heterocycles. The summed E-state index contributed by atoms with van der Waals surface area (Å²) in [4.78, 5) is 0. The average molecular weight is 366 g/mol. The van der Waals surface area contributed by atoms with Crippen molar-refractivity contribution in [3.63, 3.8) is 0 Å². The number of rotatable bonds is 0. The first-order chi connectivity index (χ1) is 13.1. The molecule has 27 heavy (non-hydrogen) atoms. The molecule has 8 atom stereocenters. The molecule has 1 heterocycles. The van der Waals surface area contributed by atoms with Gasteiger partial charge in [-0.05, 0) is 98.4 Å². The minimum atomic E-state index is 0.0728. The maximum atomic E-state index is 9.34. The first-order valence-corrected chi connectivity index (χ1v) is 11.4. The van der Waals surface area contributed by atoms with E-state index >= 15 is 0 Å². The Morgan fingerprint density at radius 3 is 2.78 bits per heavy atom. The average Bonchev–Trinajstić information content (AvgIpc) is 3.58. The van der Waals surface area contributed by atoms with Crippen molar-refractivity contribution in [2.24, 2.45) is 51.5 Å². The van der Waals surface area contributed by atoms with Gasteiger partial charge in [-0.15, -0.1) is 0 Å². The molecule has 7 aliphatic rings. The van der Waals surface area contributed by atoms with Crippen molar-refractivity contribution in [3.8, 4) is 0 Å². The molecule has 0 radical (unpaired) electrons. The van der Waals surface area contributed by atoms with E-state index in [-0.39, 0.29) is 5.60 Å². The van der Waals surface area contributed by atoms with Crippen LogP contribution in [0.5, 0.6) is 0 Å². The van der Waals surface area contributed by atoms with E-state index in [9.17, 15) is 5.21 Å². The van der Waals surface area contributed by atoms with Crippen molar-refractivity contribution >= 4 is 5.71 Å². The van der Waals surface area contributed by atoms with Crippen LogP contribution in [0, 0.1) is 46.3 Å². The predicted octanol–water partition coefficient (Wildman–Crippen LogP) is 4.96. The Morgan fingerprint density at radius 1 is 1.15 bits per heavy atom. The molecule has 0 unspecified atom stereocenters. The predicted molar refractivity (Wildman–Crippen MR) is 104 cm³/mol. The van der Waals surface area contributed by atoms with E-state index in [0.29, 0.717) is 10.8 Å². The minimum absolute atomic E-state index is 0.0728. The van der Waals surface area contributed by atoms with Gasteiger partial charge in [0.05, 0.1) is 17.9 Å². The lowest BCUT2D eigenvalue weighted by Gasteiger charge is -2.58. The summed E-state index contributed by atoms with van der Waals surface area (Å²) in [6, 6.07) is 0. The monoisotopic (exact) mass is 365 g/mol. The minimum Gasteiger partial charge on any atom is -0.411 e. The molecule has 0 saturated heterocycles. The molecule has 5 saturated carbocycles. The number of hydrogen-bond acceptors (Lipinski definition) is 3. The molecule has 5 fully saturated rings. The first kappa shape index (κ1) is 15.8. The van der Waals surface area contributed by atoms with Crippen molar-refractivity contribution in [2.75, 3.05) is 6.61 Å². The zero-order chi connectivity index (χ0) is 18.0. The largest absolute Gasteiger partial charge is 0.411 e. The van der Waals surface area contributed by atoms with E-state index in [2.05, 4.69) is 30.3 Å². The summed E-state index contributed by atoms with van der Waals surface area (Å²) in [7, 11) is 0. The Kier molecular flexibility index (Phi) is 2.76. The third-order valence-electron chi connectivity index (χ3n) is 10.4. The third kappa shape index (κ3) is 1.69. The lowest BCUT2D eigenvalue weighted by molar-refractivity contribution is -0.134. The molecule has 6 aliphatic carbocycles. The molecule has 3 nitrogen and oxygen atoms in total. The summed E-state index contributed by atoms with van der Waals surface area (Å²) in [5.74, 6) is 5.11. The van der Waals surface area contributed by atoms with Gasteiger partial charge in [-0.3, -0.25) is 0 Å². The number of nitrogens with zero attached hydrogens (tertiary/aromatic N) is 1. The van der Waals surface area contributed by atoms with Crippen LogP contribution in [-0.4, -0.2) is 23.1 Å². The fourth-order valence-corrected chi connectivity index (χ4v) is 9.28. The highest BCUT2D eigenvalue weighted by molar-refractivity contribution is 5.96.